The average molecular weight is 1350 g/mol. The Bertz CT molecular complexity index is 2960. The van der Waals surface area contributed by atoms with Crippen molar-refractivity contribution in [2.45, 2.75) is 183 Å². The summed E-state index contributed by atoms with van der Waals surface area (Å²) in [7, 11) is 0. The van der Waals surface area contributed by atoms with E-state index in [0.717, 1.165) is 0 Å². The lowest BCUT2D eigenvalue weighted by Crippen LogP contribution is -2.60. The molecule has 0 saturated carbocycles. The molecule has 0 bridgehead atoms. The van der Waals surface area contributed by atoms with E-state index < -0.39 is 169 Å². The molecule has 0 radical (unpaired) electrons. The van der Waals surface area contributed by atoms with Crippen LogP contribution >= 0.6 is 11.8 Å². The number of nitrogens with zero attached hydrogens (tertiary/aromatic N) is 3. The summed E-state index contributed by atoms with van der Waals surface area (Å²) in [5.74, 6) is -9.80. The van der Waals surface area contributed by atoms with Crippen molar-refractivity contribution >= 4 is 94.5 Å². The summed E-state index contributed by atoms with van der Waals surface area (Å²) >= 11 is 1.45. The zero-order valence-electron chi connectivity index (χ0n) is 54.5. The van der Waals surface area contributed by atoms with Crippen LogP contribution < -0.4 is 82.7 Å². The van der Waals surface area contributed by atoms with Gasteiger partial charge < -0.3 is 92.5 Å². The first kappa shape index (κ1) is 78.5. The van der Waals surface area contributed by atoms with Crippen molar-refractivity contribution in [3.8, 4) is 0 Å². The fourth-order valence-electron chi connectivity index (χ4n) is 11.0. The van der Waals surface area contributed by atoms with Crippen molar-refractivity contribution < 1.29 is 62.3 Å². The highest BCUT2D eigenvalue weighted by atomic mass is 32.2. The van der Waals surface area contributed by atoms with Gasteiger partial charge in [0.2, 0.25) is 76.8 Å². The summed E-state index contributed by atoms with van der Waals surface area (Å²) in [5, 5.41) is 21.1. The van der Waals surface area contributed by atoms with Crippen molar-refractivity contribution in [3.63, 3.8) is 0 Å². The fraction of sp³-hybridized carbons (Fsp3) is 0.587. The van der Waals surface area contributed by atoms with E-state index in [4.69, 9.17) is 40.1 Å². The molecule has 31 nitrogen and oxygen atoms in total. The first-order chi connectivity index (χ1) is 45.2. The molecule has 32 heteroatoms. The third-order valence-electron chi connectivity index (χ3n) is 16.0. The molecule has 2 aliphatic heterocycles. The molecule has 2 heterocycles. The van der Waals surface area contributed by atoms with Gasteiger partial charge >= 0.3 is 0 Å². The normalized spacial score (nSPS) is 16.8. The van der Waals surface area contributed by atoms with E-state index in [2.05, 4.69) is 47.5 Å². The zero-order chi connectivity index (χ0) is 70.1. The van der Waals surface area contributed by atoms with Gasteiger partial charge in [-0.25, -0.2) is 0 Å². The van der Waals surface area contributed by atoms with Crippen LogP contribution in [0.4, 0.5) is 0 Å². The Hall–Kier alpha value is -8.91. The maximum absolute atomic E-state index is 14.7. The van der Waals surface area contributed by atoms with Gasteiger partial charge in [-0.1, -0.05) is 74.5 Å². The molecule has 13 amide bonds. The van der Waals surface area contributed by atoms with Crippen LogP contribution in [0.3, 0.4) is 0 Å². The first-order valence-corrected chi connectivity index (χ1v) is 33.6. The maximum Gasteiger partial charge on any atom is 0.245 e. The molecular weight excluding hydrogens is 1250 g/mol. The number of guanidine groups is 1. The lowest BCUT2D eigenvalue weighted by Gasteiger charge is -2.32. The highest BCUT2D eigenvalue weighted by Crippen LogP contribution is 2.24. The number of likely N-dealkylation sites (tertiary alicyclic amines) is 2. The Balaban J connectivity index is 1.56. The number of thioether (sulfide) groups is 1. The lowest BCUT2D eigenvalue weighted by molar-refractivity contribution is -0.144. The molecular formula is C63H98N18O13S. The van der Waals surface area contributed by atoms with E-state index >= 15 is 0 Å². The predicted molar refractivity (Wildman–Crippen MR) is 356 cm³/mol. The lowest BCUT2D eigenvalue weighted by atomic mass is 10.0. The summed E-state index contributed by atoms with van der Waals surface area (Å²) in [6.45, 7) is 3.86. The van der Waals surface area contributed by atoms with E-state index in [1.165, 1.54) is 21.6 Å². The molecule has 4 rings (SSSR count). The number of aliphatic imine (C=N–C) groups is 1. The smallest absolute Gasteiger partial charge is 0.245 e. The second-order valence-corrected chi connectivity index (χ2v) is 25.1. The van der Waals surface area contributed by atoms with Crippen LogP contribution in [0.25, 0.3) is 0 Å². The van der Waals surface area contributed by atoms with E-state index in [1.54, 1.807) is 60.7 Å². The number of nitrogens with one attached hydrogen (secondary N) is 8. The number of unbranched alkanes of at least 4 members (excludes halogenated alkanes) is 1. The van der Waals surface area contributed by atoms with Crippen molar-refractivity contribution in [1.29, 1.82) is 0 Å². The van der Waals surface area contributed by atoms with Crippen LogP contribution in [0, 0.1) is 5.92 Å². The molecule has 10 atom stereocenters. The van der Waals surface area contributed by atoms with Crippen molar-refractivity contribution in [1.82, 2.24) is 52.3 Å². The second-order valence-electron chi connectivity index (χ2n) is 24.1. The van der Waals surface area contributed by atoms with Crippen LogP contribution in [0.1, 0.15) is 121 Å². The number of amides is 13. The summed E-state index contributed by atoms with van der Waals surface area (Å²) in [4.78, 5) is 185. The molecule has 2 aliphatic rings. The molecule has 22 N–H and O–H groups in total. The van der Waals surface area contributed by atoms with Gasteiger partial charge in [-0.2, -0.15) is 11.8 Å². The third kappa shape index (κ3) is 27.5. The minimum absolute atomic E-state index is 0.0736. The van der Waals surface area contributed by atoms with Gasteiger partial charge in [0.15, 0.2) is 5.96 Å². The first-order valence-electron chi connectivity index (χ1n) is 32.2. The molecule has 95 heavy (non-hydrogen) atoms. The summed E-state index contributed by atoms with van der Waals surface area (Å²) in [6, 6.07) is 4.51. The average Bonchev–Trinajstić information content (AvgIpc) is 1.74. The predicted octanol–water partition coefficient (Wildman–Crippen LogP) is -3.71. The van der Waals surface area contributed by atoms with E-state index in [-0.39, 0.29) is 83.0 Å². The van der Waals surface area contributed by atoms with Crippen molar-refractivity contribution in [3.05, 3.63) is 71.8 Å². The van der Waals surface area contributed by atoms with Gasteiger partial charge in [0.05, 0.1) is 12.6 Å². The Kier molecular flexibility index (Phi) is 33.9. The van der Waals surface area contributed by atoms with Crippen LogP contribution in [-0.2, 0) is 75.2 Å². The van der Waals surface area contributed by atoms with E-state index in [9.17, 15) is 62.3 Å². The van der Waals surface area contributed by atoms with Gasteiger partial charge in [-0.05, 0) is 119 Å². The highest BCUT2D eigenvalue weighted by molar-refractivity contribution is 7.98. The van der Waals surface area contributed by atoms with Crippen molar-refractivity contribution in [2.75, 3.05) is 44.7 Å². The topological polar surface area (TPSA) is 519 Å². The molecule has 524 valence electrons. The van der Waals surface area contributed by atoms with Crippen LogP contribution in [0.2, 0.25) is 0 Å². The van der Waals surface area contributed by atoms with Gasteiger partial charge in [0, 0.05) is 45.3 Å². The quantitative estimate of drug-likeness (QED) is 0.0173. The van der Waals surface area contributed by atoms with Crippen LogP contribution in [0.5, 0.6) is 0 Å². The number of rotatable bonds is 42. The number of hydrogen-bond donors (Lipinski definition) is 15. The third-order valence-corrected chi connectivity index (χ3v) is 16.7. The summed E-state index contributed by atoms with van der Waals surface area (Å²) < 4.78 is 0. The number of carbonyl (C=O) groups is 13. The Morgan fingerprint density at radius 2 is 1.01 bits per heavy atom. The number of hydrogen-bond acceptors (Lipinski definition) is 17. The van der Waals surface area contributed by atoms with Gasteiger partial charge in [0.25, 0.3) is 0 Å². The molecule has 2 fully saturated rings. The molecule has 2 aromatic carbocycles. The monoisotopic (exact) mass is 1350 g/mol. The highest BCUT2D eigenvalue weighted by Gasteiger charge is 2.42. The Morgan fingerprint density at radius 3 is 1.51 bits per heavy atom. The second kappa shape index (κ2) is 41.0. The minimum atomic E-state index is -1.64. The molecule has 2 saturated heterocycles. The van der Waals surface area contributed by atoms with Gasteiger partial charge in [-0.3, -0.25) is 67.3 Å². The molecule has 0 unspecified atom stereocenters. The molecule has 2 aromatic rings. The summed E-state index contributed by atoms with van der Waals surface area (Å²) in [6.07, 6.45) is 3.12. The number of nitrogens with two attached hydrogens (primary N) is 7. The maximum atomic E-state index is 14.7. The van der Waals surface area contributed by atoms with Gasteiger partial charge in [-0.15, -0.1) is 0 Å². The minimum Gasteiger partial charge on any atom is -0.370 e. The van der Waals surface area contributed by atoms with Crippen LogP contribution in [0.15, 0.2) is 65.7 Å². The zero-order valence-corrected chi connectivity index (χ0v) is 55.3. The number of primary amides is 3. The summed E-state index contributed by atoms with van der Waals surface area (Å²) in [5.41, 5.74) is 40.6. The number of benzene rings is 2. The fourth-order valence-corrected chi connectivity index (χ4v) is 11.5. The van der Waals surface area contributed by atoms with Crippen LogP contribution in [-0.4, -0.2) is 198 Å². The number of carbonyl (C=O) groups excluding carboxylic acids is 13. The van der Waals surface area contributed by atoms with Crippen molar-refractivity contribution in [2.24, 2.45) is 51.0 Å². The van der Waals surface area contributed by atoms with E-state index in [0.29, 0.717) is 55.4 Å². The van der Waals surface area contributed by atoms with E-state index in [1.807, 2.05) is 20.1 Å². The Labute approximate surface area is 558 Å². The molecule has 0 aliphatic carbocycles. The molecule has 0 aromatic heterocycles. The largest absolute Gasteiger partial charge is 0.370 e. The Morgan fingerprint density at radius 1 is 0.537 bits per heavy atom. The standard InChI is InChI=1S/C63H98N18O13S/c1-37(2)33-45(57(89)74-41(53(68)85)27-32-95-3)73-52(84)36-72-54(86)46(34-38-15-6-4-7-16-38)78-58(90)47(35-39-17-8-5-9-18-39)79-56(88)42(23-25-50(66)82)75-55(87)43(24-26-51(67)83)76-59(91)49-22-14-31-81(49)62(94)44(20-10-11-28-64)77-60(92)48-21-13-30-80(48)61(93)40(65)19-12-29-71-63(69)70/h4-9,15-18,37,40-49H,10-14,19-36,64-65H2,1-3H3,(H2,66,82)(H2,67,83)(H2,68,85)(H,72,86)(H,73,84)(H,74,89)(H,75,87)(H,76,91)(H,77,92)(H,78,90)(H,79,88)(H4,69,70,71)/t40-,41-,42-,43-,44-,45+,46-,47-,48-,49-/m0/s1. The SMILES string of the molecule is CSCC[C@H](NC(=O)[C@@H](CC(C)C)NC(=O)CNC(=O)[C@H](Cc1ccccc1)NC(=O)[C@H](Cc1ccccc1)NC(=O)[C@H](CCC(N)=O)NC(=O)[C@H](CCC(N)=O)NC(=O)[C@@H]1CCCN1C(=O)[C@H](CCCCN)NC(=O)[C@@H]1CCCN1C(=O)[C@@H](N)CCCN=C(N)N)C(N)=O. The van der Waals surface area contributed by atoms with Gasteiger partial charge in [0.1, 0.15) is 54.4 Å². The molecule has 0 spiro atoms.